The standard InChI is InChI=1S/C8H16S/c1-4-9-7-5-6-8(2)3/h6H,4-5,7H2,1-3H3. The Bertz CT molecular complexity index is 80.6. The van der Waals surface area contributed by atoms with E-state index >= 15 is 0 Å². The van der Waals surface area contributed by atoms with Crippen LogP contribution in [-0.4, -0.2) is 11.5 Å². The topological polar surface area (TPSA) is 0 Å². The van der Waals surface area contributed by atoms with E-state index < -0.39 is 0 Å². The Balaban J connectivity index is 3.00. The Morgan fingerprint density at radius 1 is 1.44 bits per heavy atom. The molecule has 0 spiro atoms. The summed E-state index contributed by atoms with van der Waals surface area (Å²) in [4.78, 5) is 0. The molecule has 9 heavy (non-hydrogen) atoms. The second-order valence-electron chi connectivity index (χ2n) is 2.27. The van der Waals surface area contributed by atoms with Gasteiger partial charge in [-0.15, -0.1) is 0 Å². The number of rotatable bonds is 4. The molecule has 0 nitrogen and oxygen atoms in total. The molecule has 0 rings (SSSR count). The van der Waals surface area contributed by atoms with Gasteiger partial charge in [-0.2, -0.15) is 11.8 Å². The highest BCUT2D eigenvalue weighted by Crippen LogP contribution is 2.02. The van der Waals surface area contributed by atoms with Crippen LogP contribution in [0.4, 0.5) is 0 Å². The van der Waals surface area contributed by atoms with Crippen LogP contribution in [0.1, 0.15) is 27.2 Å². The summed E-state index contributed by atoms with van der Waals surface area (Å²) in [5.74, 6) is 2.53. The van der Waals surface area contributed by atoms with Crippen molar-refractivity contribution < 1.29 is 0 Å². The summed E-state index contributed by atoms with van der Waals surface area (Å²) in [6.07, 6.45) is 3.53. The molecule has 0 unspecified atom stereocenters. The maximum atomic E-state index is 2.29. The third-order valence-electron chi connectivity index (χ3n) is 1.02. The molecule has 0 aliphatic heterocycles. The lowest BCUT2D eigenvalue weighted by Crippen LogP contribution is -1.76. The number of hydrogen-bond donors (Lipinski definition) is 0. The molecule has 0 aromatic carbocycles. The highest BCUT2D eigenvalue weighted by molar-refractivity contribution is 7.99. The molecule has 0 fully saturated rings. The first-order valence-corrected chi connectivity index (χ1v) is 4.64. The fourth-order valence-electron chi connectivity index (χ4n) is 0.575. The summed E-state index contributed by atoms with van der Waals surface area (Å²) >= 11 is 2.01. The minimum Gasteiger partial charge on any atom is -0.162 e. The van der Waals surface area contributed by atoms with Crippen molar-refractivity contribution in [1.29, 1.82) is 0 Å². The minimum atomic E-state index is 1.24. The van der Waals surface area contributed by atoms with E-state index in [-0.39, 0.29) is 0 Å². The molecule has 0 amide bonds. The lowest BCUT2D eigenvalue weighted by Gasteiger charge is -1.92. The van der Waals surface area contributed by atoms with E-state index in [4.69, 9.17) is 0 Å². The first-order chi connectivity index (χ1) is 4.27. The normalized spacial score (nSPS) is 9.22. The van der Waals surface area contributed by atoms with E-state index in [0.717, 1.165) is 0 Å². The van der Waals surface area contributed by atoms with Gasteiger partial charge >= 0.3 is 0 Å². The molecule has 0 atom stereocenters. The fraction of sp³-hybridized carbons (Fsp3) is 0.750. The Morgan fingerprint density at radius 3 is 2.56 bits per heavy atom. The second kappa shape index (κ2) is 6.21. The summed E-state index contributed by atoms with van der Waals surface area (Å²) in [5, 5.41) is 0. The first kappa shape index (κ1) is 9.09. The molecule has 0 saturated heterocycles. The molecule has 1 heteroatoms. The third-order valence-corrected chi connectivity index (χ3v) is 1.95. The second-order valence-corrected chi connectivity index (χ2v) is 3.66. The van der Waals surface area contributed by atoms with Crippen LogP contribution in [0.5, 0.6) is 0 Å². The zero-order chi connectivity index (χ0) is 7.11. The Morgan fingerprint density at radius 2 is 2.11 bits per heavy atom. The summed E-state index contributed by atoms with van der Waals surface area (Å²) in [7, 11) is 0. The van der Waals surface area contributed by atoms with Gasteiger partial charge < -0.3 is 0 Å². The van der Waals surface area contributed by atoms with E-state index in [1.165, 1.54) is 23.5 Å². The van der Waals surface area contributed by atoms with Gasteiger partial charge in [-0.1, -0.05) is 18.6 Å². The van der Waals surface area contributed by atoms with Crippen molar-refractivity contribution in [2.75, 3.05) is 11.5 Å². The Hall–Kier alpha value is 0.0900. The number of hydrogen-bond acceptors (Lipinski definition) is 1. The van der Waals surface area contributed by atoms with Crippen molar-refractivity contribution in [2.24, 2.45) is 0 Å². The maximum Gasteiger partial charge on any atom is -0.00329 e. The van der Waals surface area contributed by atoms with Gasteiger partial charge in [0, 0.05) is 0 Å². The van der Waals surface area contributed by atoms with E-state index in [9.17, 15) is 0 Å². The Labute approximate surface area is 62.7 Å². The highest BCUT2D eigenvalue weighted by atomic mass is 32.2. The molecule has 0 aromatic heterocycles. The monoisotopic (exact) mass is 144 g/mol. The van der Waals surface area contributed by atoms with Crippen molar-refractivity contribution >= 4 is 11.8 Å². The van der Waals surface area contributed by atoms with Crippen molar-refractivity contribution in [3.63, 3.8) is 0 Å². The molecule has 54 valence electrons. The van der Waals surface area contributed by atoms with Crippen LogP contribution in [0.2, 0.25) is 0 Å². The van der Waals surface area contributed by atoms with E-state index in [0.29, 0.717) is 0 Å². The zero-order valence-electron chi connectivity index (χ0n) is 6.61. The average molecular weight is 144 g/mol. The maximum absolute atomic E-state index is 2.29. The lowest BCUT2D eigenvalue weighted by molar-refractivity contribution is 1.19. The van der Waals surface area contributed by atoms with E-state index in [1.54, 1.807) is 0 Å². The van der Waals surface area contributed by atoms with Crippen LogP contribution in [0, 0.1) is 0 Å². The van der Waals surface area contributed by atoms with Crippen molar-refractivity contribution in [3.8, 4) is 0 Å². The SMILES string of the molecule is CCSCCC=C(C)C. The van der Waals surface area contributed by atoms with Crippen molar-refractivity contribution in [2.45, 2.75) is 27.2 Å². The molecule has 0 bridgehead atoms. The Kier molecular flexibility index (Phi) is 6.28. The van der Waals surface area contributed by atoms with Crippen LogP contribution in [0.15, 0.2) is 11.6 Å². The van der Waals surface area contributed by atoms with Gasteiger partial charge in [0.2, 0.25) is 0 Å². The number of allylic oxidation sites excluding steroid dienone is 2. The van der Waals surface area contributed by atoms with Gasteiger partial charge in [0.25, 0.3) is 0 Å². The number of thioether (sulfide) groups is 1. The van der Waals surface area contributed by atoms with Crippen LogP contribution in [-0.2, 0) is 0 Å². The molecule has 0 aromatic rings. The van der Waals surface area contributed by atoms with Gasteiger partial charge in [0.05, 0.1) is 0 Å². The molecular weight excluding hydrogens is 128 g/mol. The molecule has 0 heterocycles. The van der Waals surface area contributed by atoms with Gasteiger partial charge in [-0.3, -0.25) is 0 Å². The predicted molar refractivity (Wildman–Crippen MR) is 47.0 cm³/mol. The third kappa shape index (κ3) is 8.09. The predicted octanol–water partition coefficient (Wildman–Crippen LogP) is 3.10. The molecule has 0 aliphatic carbocycles. The largest absolute Gasteiger partial charge is 0.162 e. The van der Waals surface area contributed by atoms with Crippen LogP contribution in [0.25, 0.3) is 0 Å². The smallest absolute Gasteiger partial charge is 0.00329 e. The first-order valence-electron chi connectivity index (χ1n) is 3.48. The summed E-state index contributed by atoms with van der Waals surface area (Å²) in [6, 6.07) is 0. The van der Waals surface area contributed by atoms with Crippen LogP contribution < -0.4 is 0 Å². The van der Waals surface area contributed by atoms with Gasteiger partial charge in [0.15, 0.2) is 0 Å². The minimum absolute atomic E-state index is 1.24. The quantitative estimate of drug-likeness (QED) is 0.431. The van der Waals surface area contributed by atoms with Crippen molar-refractivity contribution in [1.82, 2.24) is 0 Å². The summed E-state index contributed by atoms with van der Waals surface area (Å²) < 4.78 is 0. The molecule has 0 N–H and O–H groups in total. The van der Waals surface area contributed by atoms with Crippen LogP contribution in [0.3, 0.4) is 0 Å². The lowest BCUT2D eigenvalue weighted by atomic mass is 10.3. The molecule has 0 saturated carbocycles. The van der Waals surface area contributed by atoms with Crippen molar-refractivity contribution in [3.05, 3.63) is 11.6 Å². The summed E-state index contributed by atoms with van der Waals surface area (Å²) in [5.41, 5.74) is 1.44. The van der Waals surface area contributed by atoms with Gasteiger partial charge in [0.1, 0.15) is 0 Å². The van der Waals surface area contributed by atoms with E-state index in [1.807, 2.05) is 11.8 Å². The van der Waals surface area contributed by atoms with Gasteiger partial charge in [-0.25, -0.2) is 0 Å². The van der Waals surface area contributed by atoms with Gasteiger partial charge in [-0.05, 0) is 31.8 Å². The molecule has 0 aliphatic rings. The molecule has 0 radical (unpaired) electrons. The zero-order valence-corrected chi connectivity index (χ0v) is 7.42. The van der Waals surface area contributed by atoms with E-state index in [2.05, 4.69) is 26.8 Å². The fourth-order valence-corrected chi connectivity index (χ4v) is 1.15. The summed E-state index contributed by atoms with van der Waals surface area (Å²) in [6.45, 7) is 6.50. The molecular formula is C8H16S. The van der Waals surface area contributed by atoms with Crippen LogP contribution >= 0.6 is 11.8 Å². The highest BCUT2D eigenvalue weighted by Gasteiger charge is 1.81. The average Bonchev–Trinajstić information content (AvgIpc) is 1.80.